The third-order valence-corrected chi connectivity index (χ3v) is 4.85. The lowest BCUT2D eigenvalue weighted by atomic mass is 10.3. The van der Waals surface area contributed by atoms with Gasteiger partial charge in [-0.05, 0) is 35.0 Å². The van der Waals surface area contributed by atoms with E-state index in [2.05, 4.69) is 32.9 Å². The Morgan fingerprint density at radius 3 is 2.33 bits per heavy atom. The molecule has 0 aliphatic carbocycles. The van der Waals surface area contributed by atoms with E-state index in [0.717, 1.165) is 13.0 Å². The van der Waals surface area contributed by atoms with Crippen LogP contribution in [0.5, 0.6) is 11.5 Å². The molecule has 1 aromatic rings. The first-order valence-electron chi connectivity index (χ1n) is 6.58. The van der Waals surface area contributed by atoms with Crippen molar-refractivity contribution in [2.24, 2.45) is 0 Å². The highest BCUT2D eigenvalue weighted by Crippen LogP contribution is 2.35. The largest absolute Gasteiger partial charge is 0.496 e. The Hall–Kier alpha value is -0.830. The van der Waals surface area contributed by atoms with Crippen LogP contribution in [0.2, 0.25) is 0 Å². The average molecular weight is 381 g/mol. The second kappa shape index (κ2) is 8.57. The van der Waals surface area contributed by atoms with Gasteiger partial charge in [0.25, 0.3) is 0 Å². The van der Waals surface area contributed by atoms with Gasteiger partial charge in [-0.15, -0.1) is 0 Å². The molecule has 21 heavy (non-hydrogen) atoms. The molecule has 0 aromatic heterocycles. The maximum absolute atomic E-state index is 12.3. The number of hydrogen-bond donors (Lipinski definition) is 2. The number of hydrogen-bond acceptors (Lipinski definition) is 5. The molecule has 0 radical (unpaired) electrons. The second-order valence-electron chi connectivity index (χ2n) is 4.29. The number of sulfonamides is 1. The fourth-order valence-electron chi connectivity index (χ4n) is 1.70. The Kier molecular flexibility index (Phi) is 7.44. The van der Waals surface area contributed by atoms with Gasteiger partial charge in [-0.25, -0.2) is 13.1 Å². The molecule has 0 fully saturated rings. The fraction of sp³-hybridized carbons (Fsp3) is 0.538. The molecule has 0 aliphatic rings. The Bertz CT molecular complexity index is 564. The summed E-state index contributed by atoms with van der Waals surface area (Å²) in [4.78, 5) is 0.0561. The van der Waals surface area contributed by atoms with Gasteiger partial charge in [-0.3, -0.25) is 0 Å². The third kappa shape index (κ3) is 5.14. The summed E-state index contributed by atoms with van der Waals surface area (Å²) in [6, 6.07) is 3.01. The van der Waals surface area contributed by atoms with E-state index in [1.54, 1.807) is 6.07 Å². The van der Waals surface area contributed by atoms with E-state index in [9.17, 15) is 8.42 Å². The van der Waals surface area contributed by atoms with E-state index in [4.69, 9.17) is 9.47 Å². The minimum Gasteiger partial charge on any atom is -0.496 e. The minimum absolute atomic E-state index is 0.0561. The van der Waals surface area contributed by atoms with Crippen LogP contribution in [0, 0.1) is 0 Å². The summed E-state index contributed by atoms with van der Waals surface area (Å²) in [5.74, 6) is 0.692. The van der Waals surface area contributed by atoms with E-state index in [1.807, 2.05) is 0 Å². The molecule has 0 bridgehead atoms. The minimum atomic E-state index is -3.66. The molecule has 120 valence electrons. The van der Waals surface area contributed by atoms with Crippen LogP contribution in [-0.4, -0.2) is 42.3 Å². The summed E-state index contributed by atoms with van der Waals surface area (Å²) in [5, 5.41) is 3.13. The van der Waals surface area contributed by atoms with Gasteiger partial charge in [0.1, 0.15) is 16.4 Å². The normalized spacial score (nSPS) is 11.4. The number of ether oxygens (including phenoxy) is 2. The molecule has 8 heteroatoms. The van der Waals surface area contributed by atoms with Gasteiger partial charge in [0, 0.05) is 19.2 Å². The molecule has 6 nitrogen and oxygen atoms in total. The molecule has 1 aromatic carbocycles. The molecular formula is C13H21BrN2O4S. The molecular weight excluding hydrogens is 360 g/mol. The van der Waals surface area contributed by atoms with Crippen molar-refractivity contribution in [3.8, 4) is 11.5 Å². The topological polar surface area (TPSA) is 76.7 Å². The lowest BCUT2D eigenvalue weighted by Gasteiger charge is -2.13. The first-order valence-corrected chi connectivity index (χ1v) is 8.85. The van der Waals surface area contributed by atoms with Crippen molar-refractivity contribution in [3.63, 3.8) is 0 Å². The molecule has 0 atom stereocenters. The number of halogens is 1. The van der Waals surface area contributed by atoms with E-state index in [0.29, 0.717) is 23.3 Å². The molecule has 0 spiro atoms. The quantitative estimate of drug-likeness (QED) is 0.638. The van der Waals surface area contributed by atoms with E-state index in [1.165, 1.54) is 20.3 Å². The average Bonchev–Trinajstić information content (AvgIpc) is 2.46. The highest BCUT2D eigenvalue weighted by Gasteiger charge is 2.21. The molecule has 0 aliphatic heterocycles. The predicted octanol–water partition coefficient (Wildman–Crippen LogP) is 1.74. The summed E-state index contributed by atoms with van der Waals surface area (Å²) >= 11 is 3.30. The summed E-state index contributed by atoms with van der Waals surface area (Å²) in [7, 11) is -0.751. The first kappa shape index (κ1) is 18.2. The molecule has 0 saturated carbocycles. The van der Waals surface area contributed by atoms with Crippen LogP contribution in [0.4, 0.5) is 0 Å². The fourth-order valence-corrected chi connectivity index (χ4v) is 3.38. The van der Waals surface area contributed by atoms with Gasteiger partial charge in [0.05, 0.1) is 18.7 Å². The van der Waals surface area contributed by atoms with Crippen LogP contribution in [0.25, 0.3) is 0 Å². The van der Waals surface area contributed by atoms with Gasteiger partial charge in [-0.2, -0.15) is 0 Å². The van der Waals surface area contributed by atoms with Gasteiger partial charge >= 0.3 is 0 Å². The lowest BCUT2D eigenvalue weighted by Crippen LogP contribution is -2.32. The van der Waals surface area contributed by atoms with E-state index in [-0.39, 0.29) is 10.6 Å². The smallest absolute Gasteiger partial charge is 0.244 e. The van der Waals surface area contributed by atoms with Crippen LogP contribution >= 0.6 is 15.9 Å². The van der Waals surface area contributed by atoms with Crippen LogP contribution in [-0.2, 0) is 10.0 Å². The van der Waals surface area contributed by atoms with E-state index < -0.39 is 10.0 Å². The Morgan fingerprint density at radius 1 is 1.10 bits per heavy atom. The Balaban J connectivity index is 2.91. The predicted molar refractivity (Wildman–Crippen MR) is 85.6 cm³/mol. The molecule has 0 heterocycles. The van der Waals surface area contributed by atoms with Crippen molar-refractivity contribution in [2.75, 3.05) is 33.9 Å². The first-order chi connectivity index (χ1) is 9.96. The van der Waals surface area contributed by atoms with E-state index >= 15 is 0 Å². The molecule has 0 amide bonds. The highest BCUT2D eigenvalue weighted by atomic mass is 79.9. The monoisotopic (exact) mass is 380 g/mol. The second-order valence-corrected chi connectivity index (χ2v) is 6.88. The van der Waals surface area contributed by atoms with Crippen LogP contribution < -0.4 is 19.5 Å². The van der Waals surface area contributed by atoms with Crippen molar-refractivity contribution >= 4 is 26.0 Å². The highest BCUT2D eigenvalue weighted by molar-refractivity contribution is 9.10. The maximum Gasteiger partial charge on any atom is 0.244 e. The number of rotatable bonds is 9. The van der Waals surface area contributed by atoms with Crippen LogP contribution in [0.3, 0.4) is 0 Å². The summed E-state index contributed by atoms with van der Waals surface area (Å²) < 4.78 is 38.1. The van der Waals surface area contributed by atoms with Gasteiger partial charge < -0.3 is 14.8 Å². The lowest BCUT2D eigenvalue weighted by molar-refractivity contribution is 0.390. The Labute approximate surface area is 134 Å². The van der Waals surface area contributed by atoms with Gasteiger partial charge in [-0.1, -0.05) is 6.92 Å². The van der Waals surface area contributed by atoms with Crippen LogP contribution in [0.15, 0.2) is 21.5 Å². The third-order valence-electron chi connectivity index (χ3n) is 2.75. The molecule has 2 N–H and O–H groups in total. The van der Waals surface area contributed by atoms with Crippen molar-refractivity contribution in [2.45, 2.75) is 18.2 Å². The maximum atomic E-state index is 12.3. The molecule has 1 rings (SSSR count). The Morgan fingerprint density at radius 2 is 1.76 bits per heavy atom. The van der Waals surface area contributed by atoms with Crippen molar-refractivity contribution in [3.05, 3.63) is 16.6 Å². The standard InChI is InChI=1S/C13H21BrN2O4S/c1-4-5-15-6-7-16-21(17,18)13-9-11(19-2)10(14)8-12(13)20-3/h8-9,15-16H,4-7H2,1-3H3. The van der Waals surface area contributed by atoms with Crippen LogP contribution in [0.1, 0.15) is 13.3 Å². The van der Waals surface area contributed by atoms with Crippen molar-refractivity contribution in [1.82, 2.24) is 10.0 Å². The zero-order valence-corrected chi connectivity index (χ0v) is 14.8. The molecule has 0 saturated heterocycles. The zero-order chi connectivity index (χ0) is 15.9. The number of methoxy groups -OCH3 is 2. The van der Waals surface area contributed by atoms with Crippen molar-refractivity contribution < 1.29 is 17.9 Å². The SMILES string of the molecule is CCCNCCNS(=O)(=O)c1cc(OC)c(Br)cc1OC. The van der Waals surface area contributed by atoms with Crippen molar-refractivity contribution in [1.29, 1.82) is 0 Å². The summed E-state index contributed by atoms with van der Waals surface area (Å²) in [5.41, 5.74) is 0. The molecule has 0 unspecified atom stereocenters. The zero-order valence-electron chi connectivity index (χ0n) is 12.4. The number of benzene rings is 1. The summed E-state index contributed by atoms with van der Waals surface area (Å²) in [6.45, 7) is 3.79. The number of nitrogens with one attached hydrogen (secondary N) is 2. The van der Waals surface area contributed by atoms with Gasteiger partial charge in [0.2, 0.25) is 10.0 Å². The summed E-state index contributed by atoms with van der Waals surface area (Å²) in [6.07, 6.45) is 1.00. The van der Waals surface area contributed by atoms with Gasteiger partial charge in [0.15, 0.2) is 0 Å².